The predicted molar refractivity (Wildman–Crippen MR) is 119 cm³/mol. The molecule has 2 aliphatic carbocycles. The predicted octanol–water partition coefficient (Wildman–Crippen LogP) is 4.25. The largest absolute Gasteiger partial charge is 0.481 e. The van der Waals surface area contributed by atoms with Gasteiger partial charge in [-0.1, -0.05) is 39.0 Å². The number of carboxylic acid groups (broad SMARTS) is 1. The van der Waals surface area contributed by atoms with Gasteiger partial charge in [-0.3, -0.25) is 9.59 Å². The van der Waals surface area contributed by atoms with E-state index in [-0.39, 0.29) is 24.2 Å². The van der Waals surface area contributed by atoms with Crippen LogP contribution in [0.3, 0.4) is 0 Å². The summed E-state index contributed by atoms with van der Waals surface area (Å²) in [6, 6.07) is 0. The van der Waals surface area contributed by atoms with Gasteiger partial charge in [0.15, 0.2) is 0 Å². The van der Waals surface area contributed by atoms with Gasteiger partial charge in [0.2, 0.25) is 0 Å². The average molecular weight is 437 g/mol. The Morgan fingerprint density at radius 3 is 2.52 bits per heavy atom. The van der Waals surface area contributed by atoms with Crippen LogP contribution in [-0.4, -0.2) is 45.1 Å². The summed E-state index contributed by atoms with van der Waals surface area (Å²) < 4.78 is 6.37. The van der Waals surface area contributed by atoms with Gasteiger partial charge in [0.25, 0.3) is 0 Å². The number of carbonyl (C=O) groups is 2. The van der Waals surface area contributed by atoms with Gasteiger partial charge in [0, 0.05) is 11.8 Å². The number of esters is 1. The third-order valence-electron chi connectivity index (χ3n) is 7.27. The second-order valence-electron chi connectivity index (χ2n) is 10.2. The van der Waals surface area contributed by atoms with Gasteiger partial charge < -0.3 is 20.1 Å². The van der Waals surface area contributed by atoms with E-state index in [4.69, 9.17) is 9.84 Å². The molecule has 2 aliphatic rings. The fraction of sp³-hybridized carbons (Fsp3) is 0.760. The van der Waals surface area contributed by atoms with Gasteiger partial charge in [-0.2, -0.15) is 0 Å². The van der Waals surface area contributed by atoms with Crippen molar-refractivity contribution in [2.75, 3.05) is 0 Å². The van der Waals surface area contributed by atoms with Crippen LogP contribution >= 0.6 is 0 Å². The van der Waals surface area contributed by atoms with Crippen molar-refractivity contribution in [2.24, 2.45) is 23.2 Å². The normalized spacial score (nSPS) is 30.2. The summed E-state index contributed by atoms with van der Waals surface area (Å²) in [5, 5.41) is 29.3. The maximum absolute atomic E-state index is 13.2. The Morgan fingerprint density at radius 1 is 1.23 bits per heavy atom. The van der Waals surface area contributed by atoms with Gasteiger partial charge in [-0.25, -0.2) is 0 Å². The lowest BCUT2D eigenvalue weighted by molar-refractivity contribution is -0.184. The highest BCUT2D eigenvalue weighted by Crippen LogP contribution is 2.49. The first-order chi connectivity index (χ1) is 14.4. The second kappa shape index (κ2) is 10.3. The molecular formula is C25H40O6. The Morgan fingerprint density at radius 2 is 1.90 bits per heavy atom. The maximum Gasteiger partial charge on any atom is 0.312 e. The Hall–Kier alpha value is -1.66. The number of hydrogen-bond acceptors (Lipinski definition) is 5. The molecule has 0 unspecified atom stereocenters. The first kappa shape index (κ1) is 25.6. The maximum atomic E-state index is 13.2. The van der Waals surface area contributed by atoms with E-state index in [1.807, 2.05) is 20.8 Å². The van der Waals surface area contributed by atoms with Crippen molar-refractivity contribution in [3.63, 3.8) is 0 Å². The molecule has 0 saturated carbocycles. The fourth-order valence-electron chi connectivity index (χ4n) is 4.74. The molecular weight excluding hydrogens is 396 g/mol. The van der Waals surface area contributed by atoms with E-state index in [0.29, 0.717) is 25.2 Å². The van der Waals surface area contributed by atoms with Crippen molar-refractivity contribution < 1.29 is 29.6 Å². The molecule has 6 nitrogen and oxygen atoms in total. The zero-order valence-electron chi connectivity index (χ0n) is 19.6. The SMILES string of the molecule is CCC(C)(C)C(=O)O[C@]1(CC[C@@H](O)C[C@@H](O)CC(=O)O)[C@@H]2CC[C@@H](C)C=C2C=C[C@@H]1C. The number of ether oxygens (including phenoxy) is 1. The van der Waals surface area contributed by atoms with Gasteiger partial charge in [0.1, 0.15) is 5.60 Å². The summed E-state index contributed by atoms with van der Waals surface area (Å²) in [5.41, 5.74) is -0.168. The van der Waals surface area contributed by atoms with Crippen LogP contribution in [0.25, 0.3) is 0 Å². The quantitative estimate of drug-likeness (QED) is 0.442. The number of allylic oxidation sites excluding steroid dienone is 2. The van der Waals surface area contributed by atoms with E-state index in [9.17, 15) is 19.8 Å². The smallest absolute Gasteiger partial charge is 0.312 e. The molecule has 6 atom stereocenters. The van der Waals surface area contributed by atoms with Crippen LogP contribution < -0.4 is 0 Å². The van der Waals surface area contributed by atoms with E-state index in [0.717, 1.165) is 12.8 Å². The zero-order valence-corrected chi connectivity index (χ0v) is 19.6. The number of aliphatic hydroxyl groups is 2. The number of carbonyl (C=O) groups excluding carboxylic acids is 1. The number of rotatable bonds is 10. The lowest BCUT2D eigenvalue weighted by atomic mass is 9.63. The van der Waals surface area contributed by atoms with Crippen LogP contribution in [0.2, 0.25) is 0 Å². The average Bonchev–Trinajstić information content (AvgIpc) is 2.68. The Bertz CT molecular complexity index is 709. The summed E-state index contributed by atoms with van der Waals surface area (Å²) in [7, 11) is 0. The highest BCUT2D eigenvalue weighted by atomic mass is 16.6. The molecule has 31 heavy (non-hydrogen) atoms. The van der Waals surface area contributed by atoms with Gasteiger partial charge in [-0.15, -0.1) is 0 Å². The van der Waals surface area contributed by atoms with Gasteiger partial charge >= 0.3 is 11.9 Å². The lowest BCUT2D eigenvalue weighted by Gasteiger charge is -2.49. The summed E-state index contributed by atoms with van der Waals surface area (Å²) in [6.07, 6.45) is 7.53. The number of carboxylic acids is 1. The minimum atomic E-state index is -1.10. The van der Waals surface area contributed by atoms with Gasteiger partial charge in [-0.05, 0) is 63.9 Å². The van der Waals surface area contributed by atoms with Crippen molar-refractivity contribution in [2.45, 2.75) is 97.4 Å². The van der Waals surface area contributed by atoms with E-state index >= 15 is 0 Å². The minimum absolute atomic E-state index is 0.00853. The Kier molecular flexibility index (Phi) is 8.51. The molecule has 0 aromatic rings. The van der Waals surface area contributed by atoms with E-state index in [1.165, 1.54) is 5.57 Å². The number of aliphatic hydroxyl groups excluding tert-OH is 2. The zero-order chi connectivity index (χ0) is 23.4. The Balaban J connectivity index is 2.28. The highest BCUT2D eigenvalue weighted by Gasteiger charge is 2.51. The van der Waals surface area contributed by atoms with E-state index in [1.54, 1.807) is 0 Å². The van der Waals surface area contributed by atoms with Crippen molar-refractivity contribution in [3.8, 4) is 0 Å². The topological polar surface area (TPSA) is 104 Å². The molecule has 0 fully saturated rings. The van der Waals surface area contributed by atoms with Crippen molar-refractivity contribution in [1.82, 2.24) is 0 Å². The molecule has 0 heterocycles. The van der Waals surface area contributed by atoms with Crippen LogP contribution in [0.5, 0.6) is 0 Å². The molecule has 0 bridgehead atoms. The standard InChI is InChI=1S/C25H40O6/c1-6-24(4,5)23(30)31-25(12-11-19(26)14-20(27)15-22(28)29)17(3)8-9-18-13-16(2)7-10-21(18)25/h8-9,13,16-17,19-21,26-27H,6-7,10-12,14-15H2,1-5H3,(H,28,29)/t16-,17+,19-,20-,21-,25+/m1/s1. The lowest BCUT2D eigenvalue weighted by Crippen LogP contribution is -2.52. The van der Waals surface area contributed by atoms with Crippen LogP contribution in [-0.2, 0) is 14.3 Å². The van der Waals surface area contributed by atoms with Crippen molar-refractivity contribution >= 4 is 11.9 Å². The fourth-order valence-corrected chi connectivity index (χ4v) is 4.74. The summed E-state index contributed by atoms with van der Waals surface area (Å²) in [4.78, 5) is 24.0. The number of fused-ring (bicyclic) bond motifs is 1. The van der Waals surface area contributed by atoms with Crippen LogP contribution in [0.4, 0.5) is 0 Å². The molecule has 0 saturated heterocycles. The van der Waals surface area contributed by atoms with Crippen molar-refractivity contribution in [3.05, 3.63) is 23.8 Å². The first-order valence-electron chi connectivity index (χ1n) is 11.6. The molecule has 6 heteroatoms. The highest BCUT2D eigenvalue weighted by molar-refractivity contribution is 5.76. The van der Waals surface area contributed by atoms with Gasteiger partial charge in [0.05, 0.1) is 24.0 Å². The van der Waals surface area contributed by atoms with Crippen LogP contribution in [0.15, 0.2) is 23.8 Å². The number of hydrogen-bond donors (Lipinski definition) is 3. The molecule has 176 valence electrons. The third-order valence-corrected chi connectivity index (χ3v) is 7.27. The molecule has 0 amide bonds. The third kappa shape index (κ3) is 6.19. The first-order valence-corrected chi connectivity index (χ1v) is 11.6. The summed E-state index contributed by atoms with van der Waals surface area (Å²) in [5.74, 6) is -0.798. The van der Waals surface area contributed by atoms with Crippen LogP contribution in [0.1, 0.15) is 79.6 Å². The van der Waals surface area contributed by atoms with E-state index in [2.05, 4.69) is 32.1 Å². The Labute approximate surface area is 186 Å². The molecule has 0 aliphatic heterocycles. The minimum Gasteiger partial charge on any atom is -0.481 e. The van der Waals surface area contributed by atoms with Crippen molar-refractivity contribution in [1.29, 1.82) is 0 Å². The molecule has 2 rings (SSSR count). The second-order valence-corrected chi connectivity index (χ2v) is 10.2. The number of aliphatic carboxylic acids is 1. The molecule has 0 aromatic heterocycles. The monoisotopic (exact) mass is 436 g/mol. The molecule has 3 N–H and O–H groups in total. The molecule has 0 spiro atoms. The summed E-state index contributed by atoms with van der Waals surface area (Å²) >= 11 is 0. The summed E-state index contributed by atoms with van der Waals surface area (Å²) in [6.45, 7) is 10.0. The molecule has 0 aromatic carbocycles. The molecule has 0 radical (unpaired) electrons. The van der Waals surface area contributed by atoms with Crippen LogP contribution in [0, 0.1) is 23.2 Å². The van der Waals surface area contributed by atoms with E-state index < -0.39 is 35.6 Å².